The molecular weight excluding hydrogens is 342 g/mol. The van der Waals surface area contributed by atoms with Crippen LogP contribution in [0.3, 0.4) is 0 Å². The lowest BCUT2D eigenvalue weighted by Crippen LogP contribution is -2.25. The van der Waals surface area contributed by atoms with Crippen molar-refractivity contribution >= 4 is 17.7 Å². The summed E-state index contributed by atoms with van der Waals surface area (Å²) in [4.78, 5) is 11.9. The molecule has 0 fully saturated rings. The van der Waals surface area contributed by atoms with E-state index in [9.17, 15) is 4.79 Å². The lowest BCUT2D eigenvalue weighted by atomic mass is 10.1. The van der Waals surface area contributed by atoms with Gasteiger partial charge in [-0.2, -0.15) is 11.8 Å². The Labute approximate surface area is 161 Å². The number of benzene rings is 2. The molecule has 4 heteroatoms. The smallest absolute Gasteiger partial charge is 0.220 e. The summed E-state index contributed by atoms with van der Waals surface area (Å²) in [6.07, 6.45) is 2.64. The van der Waals surface area contributed by atoms with Crippen molar-refractivity contribution in [3.05, 3.63) is 65.7 Å². The molecule has 0 heterocycles. The molecule has 1 amide bonds. The first-order valence-electron chi connectivity index (χ1n) is 9.27. The van der Waals surface area contributed by atoms with Crippen LogP contribution in [0.5, 0.6) is 5.75 Å². The SMILES string of the molecule is CC(C)Oc1cccc(CCCNC(=O)CCSCc2ccccc2)c1. The van der Waals surface area contributed by atoms with Gasteiger partial charge in [0, 0.05) is 24.5 Å². The molecule has 0 aliphatic heterocycles. The van der Waals surface area contributed by atoms with Gasteiger partial charge in [-0.15, -0.1) is 0 Å². The van der Waals surface area contributed by atoms with Crippen molar-refractivity contribution in [2.75, 3.05) is 12.3 Å². The number of carbonyl (C=O) groups excluding carboxylic acids is 1. The summed E-state index contributed by atoms with van der Waals surface area (Å²) >= 11 is 1.80. The zero-order valence-corrected chi connectivity index (χ0v) is 16.6. The van der Waals surface area contributed by atoms with E-state index in [2.05, 4.69) is 29.6 Å². The van der Waals surface area contributed by atoms with Gasteiger partial charge in [-0.05, 0) is 49.9 Å². The number of rotatable bonds is 11. The quantitative estimate of drug-likeness (QED) is 0.574. The molecule has 0 aliphatic carbocycles. The number of aryl methyl sites for hydroxylation is 1. The highest BCUT2D eigenvalue weighted by Crippen LogP contribution is 2.16. The molecule has 26 heavy (non-hydrogen) atoms. The molecule has 0 saturated carbocycles. The zero-order chi connectivity index (χ0) is 18.6. The number of hydrogen-bond donors (Lipinski definition) is 1. The van der Waals surface area contributed by atoms with Crippen molar-refractivity contribution in [2.45, 2.75) is 45.0 Å². The van der Waals surface area contributed by atoms with Gasteiger partial charge in [0.15, 0.2) is 0 Å². The fourth-order valence-corrected chi connectivity index (χ4v) is 3.49. The Kier molecular flexibility index (Phi) is 9.11. The van der Waals surface area contributed by atoms with E-state index in [1.165, 1.54) is 11.1 Å². The number of carbonyl (C=O) groups is 1. The van der Waals surface area contributed by atoms with E-state index in [-0.39, 0.29) is 12.0 Å². The predicted octanol–water partition coefficient (Wildman–Crippen LogP) is 4.85. The average Bonchev–Trinajstić information content (AvgIpc) is 2.63. The van der Waals surface area contributed by atoms with Crippen LogP contribution < -0.4 is 10.1 Å². The minimum absolute atomic E-state index is 0.141. The van der Waals surface area contributed by atoms with Crippen molar-refractivity contribution in [1.29, 1.82) is 0 Å². The summed E-state index contributed by atoms with van der Waals surface area (Å²) in [5.41, 5.74) is 2.55. The largest absolute Gasteiger partial charge is 0.491 e. The second-order valence-electron chi connectivity index (χ2n) is 6.56. The molecule has 2 aromatic carbocycles. The highest BCUT2D eigenvalue weighted by atomic mass is 32.2. The molecule has 2 aromatic rings. The number of nitrogens with one attached hydrogen (secondary N) is 1. The third-order valence-corrected chi connectivity index (χ3v) is 4.85. The summed E-state index contributed by atoms with van der Waals surface area (Å²) in [5.74, 6) is 2.87. The fraction of sp³-hybridized carbons (Fsp3) is 0.409. The van der Waals surface area contributed by atoms with Crippen LogP contribution in [0.1, 0.15) is 37.8 Å². The van der Waals surface area contributed by atoms with Crippen molar-refractivity contribution in [3.63, 3.8) is 0 Å². The van der Waals surface area contributed by atoms with Gasteiger partial charge in [-0.25, -0.2) is 0 Å². The maximum absolute atomic E-state index is 11.9. The summed E-state index contributed by atoms with van der Waals surface area (Å²) in [6.45, 7) is 4.78. The molecule has 2 rings (SSSR count). The first-order chi connectivity index (χ1) is 12.6. The minimum atomic E-state index is 0.141. The molecule has 0 atom stereocenters. The lowest BCUT2D eigenvalue weighted by Gasteiger charge is -2.11. The van der Waals surface area contributed by atoms with Crippen LogP contribution in [0.25, 0.3) is 0 Å². The standard InChI is InChI=1S/C22H29NO2S/c1-18(2)25-21-12-6-10-19(16-21)11-7-14-23-22(24)13-15-26-17-20-8-4-3-5-9-20/h3-6,8-10,12,16,18H,7,11,13-15,17H2,1-2H3,(H,23,24). The molecule has 1 N–H and O–H groups in total. The summed E-state index contributed by atoms with van der Waals surface area (Å²) in [5, 5.41) is 3.01. The van der Waals surface area contributed by atoms with Gasteiger partial charge in [0.2, 0.25) is 5.91 Å². The van der Waals surface area contributed by atoms with Gasteiger partial charge in [-0.1, -0.05) is 42.5 Å². The van der Waals surface area contributed by atoms with Gasteiger partial charge < -0.3 is 10.1 Å². The highest BCUT2D eigenvalue weighted by Gasteiger charge is 2.03. The zero-order valence-electron chi connectivity index (χ0n) is 15.7. The van der Waals surface area contributed by atoms with Crippen LogP contribution in [-0.4, -0.2) is 24.3 Å². The Morgan fingerprint density at radius 2 is 1.85 bits per heavy atom. The van der Waals surface area contributed by atoms with Crippen LogP contribution in [0, 0.1) is 0 Å². The molecule has 0 aromatic heterocycles. The Balaban J connectivity index is 1.55. The Morgan fingerprint density at radius 3 is 2.62 bits per heavy atom. The summed E-state index contributed by atoms with van der Waals surface area (Å²) < 4.78 is 5.71. The van der Waals surface area contributed by atoms with Gasteiger partial charge >= 0.3 is 0 Å². The molecule has 0 radical (unpaired) electrons. The Morgan fingerprint density at radius 1 is 1.08 bits per heavy atom. The molecule has 0 bridgehead atoms. The van der Waals surface area contributed by atoms with Crippen LogP contribution in [0.4, 0.5) is 0 Å². The number of ether oxygens (including phenoxy) is 1. The predicted molar refractivity (Wildman–Crippen MR) is 111 cm³/mol. The van der Waals surface area contributed by atoms with Crippen LogP contribution in [-0.2, 0) is 17.0 Å². The maximum atomic E-state index is 11.9. The van der Waals surface area contributed by atoms with Crippen LogP contribution in [0.15, 0.2) is 54.6 Å². The topological polar surface area (TPSA) is 38.3 Å². The van der Waals surface area contributed by atoms with Crippen molar-refractivity contribution in [2.24, 2.45) is 0 Å². The fourth-order valence-electron chi connectivity index (χ4n) is 2.58. The molecular formula is C22H29NO2S. The van der Waals surface area contributed by atoms with Crippen LogP contribution in [0.2, 0.25) is 0 Å². The van der Waals surface area contributed by atoms with Gasteiger partial charge in [0.1, 0.15) is 5.75 Å². The molecule has 0 aliphatic rings. The summed E-state index contributed by atoms with van der Waals surface area (Å²) in [6, 6.07) is 18.6. The van der Waals surface area contributed by atoms with E-state index in [1.807, 2.05) is 44.2 Å². The second kappa shape index (κ2) is 11.6. The normalized spacial score (nSPS) is 10.7. The molecule has 3 nitrogen and oxygen atoms in total. The van der Waals surface area contributed by atoms with E-state index in [4.69, 9.17) is 4.74 Å². The van der Waals surface area contributed by atoms with E-state index < -0.39 is 0 Å². The highest BCUT2D eigenvalue weighted by molar-refractivity contribution is 7.98. The molecule has 140 valence electrons. The second-order valence-corrected chi connectivity index (χ2v) is 7.66. The third kappa shape index (κ3) is 8.43. The van der Waals surface area contributed by atoms with E-state index in [0.29, 0.717) is 6.42 Å². The Bertz CT molecular complexity index is 658. The summed E-state index contributed by atoms with van der Waals surface area (Å²) in [7, 11) is 0. The molecule has 0 saturated heterocycles. The van der Waals surface area contributed by atoms with Crippen molar-refractivity contribution in [1.82, 2.24) is 5.32 Å². The van der Waals surface area contributed by atoms with Crippen molar-refractivity contribution in [3.8, 4) is 5.75 Å². The van der Waals surface area contributed by atoms with Gasteiger partial charge in [-0.3, -0.25) is 4.79 Å². The van der Waals surface area contributed by atoms with Crippen LogP contribution >= 0.6 is 11.8 Å². The van der Waals surface area contributed by atoms with Crippen molar-refractivity contribution < 1.29 is 9.53 Å². The van der Waals surface area contributed by atoms with E-state index >= 15 is 0 Å². The number of thioether (sulfide) groups is 1. The van der Waals surface area contributed by atoms with E-state index in [0.717, 1.165) is 36.6 Å². The minimum Gasteiger partial charge on any atom is -0.491 e. The Hall–Kier alpha value is -1.94. The first kappa shape index (κ1) is 20.4. The monoisotopic (exact) mass is 371 g/mol. The average molecular weight is 372 g/mol. The molecule has 0 spiro atoms. The molecule has 0 unspecified atom stereocenters. The third-order valence-electron chi connectivity index (χ3n) is 3.82. The van der Waals surface area contributed by atoms with E-state index in [1.54, 1.807) is 11.8 Å². The number of amides is 1. The first-order valence-corrected chi connectivity index (χ1v) is 10.4. The van der Waals surface area contributed by atoms with Gasteiger partial charge in [0.25, 0.3) is 0 Å². The lowest BCUT2D eigenvalue weighted by molar-refractivity contribution is -0.120. The van der Waals surface area contributed by atoms with Gasteiger partial charge in [0.05, 0.1) is 6.10 Å². The maximum Gasteiger partial charge on any atom is 0.220 e. The number of hydrogen-bond acceptors (Lipinski definition) is 3.